The summed E-state index contributed by atoms with van der Waals surface area (Å²) >= 11 is 0. The Hall–Kier alpha value is -1.28. The molecule has 0 aliphatic rings. The molecule has 0 aromatic heterocycles. The van der Waals surface area contributed by atoms with Crippen LogP contribution in [-0.4, -0.2) is 19.7 Å². The van der Waals surface area contributed by atoms with Crippen molar-refractivity contribution in [3.05, 3.63) is 35.4 Å². The van der Waals surface area contributed by atoms with Crippen molar-refractivity contribution < 1.29 is 4.74 Å². The molecule has 0 atom stereocenters. The van der Waals surface area contributed by atoms with Crippen LogP contribution in [0, 0.1) is 0 Å². The van der Waals surface area contributed by atoms with E-state index >= 15 is 0 Å². The number of rotatable bonds is 7. The number of hydrogen-bond donors (Lipinski definition) is 1. The van der Waals surface area contributed by atoms with Crippen molar-refractivity contribution in [3.8, 4) is 5.75 Å². The monoisotopic (exact) mass is 233 g/mol. The van der Waals surface area contributed by atoms with E-state index in [1.54, 1.807) is 0 Å². The van der Waals surface area contributed by atoms with Crippen LogP contribution in [0.2, 0.25) is 0 Å². The lowest BCUT2D eigenvalue weighted by Gasteiger charge is -2.06. The van der Waals surface area contributed by atoms with Gasteiger partial charge in [0.15, 0.2) is 0 Å². The molecule has 0 amide bonds. The third-order valence-electron chi connectivity index (χ3n) is 2.62. The summed E-state index contributed by atoms with van der Waals surface area (Å²) in [5.74, 6) is 0.939. The molecule has 94 valence electrons. The molecule has 0 saturated heterocycles. The zero-order chi connectivity index (χ0) is 12.5. The summed E-state index contributed by atoms with van der Waals surface area (Å²) in [6.45, 7) is 9.03. The minimum Gasteiger partial charge on any atom is -0.494 e. The van der Waals surface area contributed by atoms with Crippen LogP contribution in [0.15, 0.2) is 29.8 Å². The van der Waals surface area contributed by atoms with Gasteiger partial charge in [0.25, 0.3) is 0 Å². The van der Waals surface area contributed by atoms with Crippen LogP contribution in [0.25, 0.3) is 6.08 Å². The predicted octanol–water partition coefficient (Wildman–Crippen LogP) is 3.49. The first kappa shape index (κ1) is 13.8. The molecule has 0 radical (unpaired) electrons. The third-order valence-corrected chi connectivity index (χ3v) is 2.62. The maximum atomic E-state index is 5.42. The Morgan fingerprint density at radius 3 is 2.41 bits per heavy atom. The van der Waals surface area contributed by atoms with Crippen LogP contribution in [0.3, 0.4) is 0 Å². The molecule has 0 saturated carbocycles. The minimum absolute atomic E-state index is 0.718. The zero-order valence-electron chi connectivity index (χ0n) is 11.1. The summed E-state index contributed by atoms with van der Waals surface area (Å²) < 4.78 is 5.42. The Kier molecular flexibility index (Phi) is 6.41. The molecule has 0 aliphatic heterocycles. The highest BCUT2D eigenvalue weighted by Gasteiger charge is 1.96. The molecule has 0 spiro atoms. The third kappa shape index (κ3) is 5.05. The SMILES string of the molecule is CCNCC(=Cc1ccc(OCC)cc1)CC. The molecule has 1 rings (SSSR count). The van der Waals surface area contributed by atoms with Crippen LogP contribution >= 0.6 is 0 Å². The first-order chi connectivity index (χ1) is 8.30. The van der Waals surface area contributed by atoms with Crippen molar-refractivity contribution in [1.82, 2.24) is 5.32 Å². The Bertz CT molecular complexity index is 340. The molecule has 2 nitrogen and oxygen atoms in total. The first-order valence-electron chi connectivity index (χ1n) is 6.43. The van der Waals surface area contributed by atoms with E-state index in [9.17, 15) is 0 Å². The number of likely N-dealkylation sites (N-methyl/N-ethyl adjacent to an activating group) is 1. The molecule has 0 heterocycles. The highest BCUT2D eigenvalue weighted by atomic mass is 16.5. The van der Waals surface area contributed by atoms with Crippen molar-refractivity contribution >= 4 is 6.08 Å². The van der Waals surface area contributed by atoms with Gasteiger partial charge in [-0.2, -0.15) is 0 Å². The van der Waals surface area contributed by atoms with Gasteiger partial charge in [-0.3, -0.25) is 0 Å². The number of benzene rings is 1. The van der Waals surface area contributed by atoms with Crippen molar-refractivity contribution in [2.45, 2.75) is 27.2 Å². The van der Waals surface area contributed by atoms with Crippen molar-refractivity contribution in [2.75, 3.05) is 19.7 Å². The van der Waals surface area contributed by atoms with Gasteiger partial charge >= 0.3 is 0 Å². The average Bonchev–Trinajstić information content (AvgIpc) is 2.37. The fourth-order valence-corrected chi connectivity index (χ4v) is 1.63. The minimum atomic E-state index is 0.718. The van der Waals surface area contributed by atoms with Gasteiger partial charge < -0.3 is 10.1 Å². The summed E-state index contributed by atoms with van der Waals surface area (Å²) in [5, 5.41) is 3.36. The van der Waals surface area contributed by atoms with Gasteiger partial charge in [0.2, 0.25) is 0 Å². The molecule has 0 aliphatic carbocycles. The first-order valence-corrected chi connectivity index (χ1v) is 6.43. The standard InChI is InChI=1S/C15H23NO/c1-4-13(12-16-5-2)11-14-7-9-15(10-8-14)17-6-3/h7-11,16H,4-6,12H2,1-3H3. The number of ether oxygens (including phenoxy) is 1. The van der Waals surface area contributed by atoms with Gasteiger partial charge in [-0.25, -0.2) is 0 Å². The van der Waals surface area contributed by atoms with Gasteiger partial charge in [-0.05, 0) is 37.6 Å². The lowest BCUT2D eigenvalue weighted by molar-refractivity contribution is 0.340. The average molecular weight is 233 g/mol. The van der Waals surface area contributed by atoms with E-state index in [1.165, 1.54) is 11.1 Å². The second kappa shape index (κ2) is 7.91. The highest BCUT2D eigenvalue weighted by Crippen LogP contribution is 2.15. The summed E-state index contributed by atoms with van der Waals surface area (Å²) in [6.07, 6.45) is 3.33. The van der Waals surface area contributed by atoms with Crippen molar-refractivity contribution in [1.29, 1.82) is 0 Å². The van der Waals surface area contributed by atoms with Crippen LogP contribution in [0.1, 0.15) is 32.8 Å². The zero-order valence-corrected chi connectivity index (χ0v) is 11.1. The van der Waals surface area contributed by atoms with Crippen molar-refractivity contribution in [2.24, 2.45) is 0 Å². The van der Waals surface area contributed by atoms with Gasteiger partial charge in [-0.15, -0.1) is 0 Å². The van der Waals surface area contributed by atoms with E-state index < -0.39 is 0 Å². The van der Waals surface area contributed by atoms with E-state index in [-0.39, 0.29) is 0 Å². The second-order valence-electron chi connectivity index (χ2n) is 3.94. The molecule has 17 heavy (non-hydrogen) atoms. The van der Waals surface area contributed by atoms with Crippen LogP contribution < -0.4 is 10.1 Å². The summed E-state index contributed by atoms with van der Waals surface area (Å²) in [5.41, 5.74) is 2.67. The van der Waals surface area contributed by atoms with E-state index in [4.69, 9.17) is 4.74 Å². The van der Waals surface area contributed by atoms with Crippen LogP contribution in [0.5, 0.6) is 5.75 Å². The Morgan fingerprint density at radius 1 is 1.18 bits per heavy atom. The normalized spacial score (nSPS) is 11.6. The summed E-state index contributed by atoms with van der Waals surface area (Å²) in [4.78, 5) is 0. The highest BCUT2D eigenvalue weighted by molar-refractivity contribution is 5.54. The van der Waals surface area contributed by atoms with E-state index in [2.05, 4.69) is 37.4 Å². The van der Waals surface area contributed by atoms with E-state index in [1.807, 2.05) is 19.1 Å². The van der Waals surface area contributed by atoms with Gasteiger partial charge in [0.05, 0.1) is 6.61 Å². The van der Waals surface area contributed by atoms with Gasteiger partial charge in [0.1, 0.15) is 5.75 Å². The van der Waals surface area contributed by atoms with E-state index in [0.717, 1.165) is 31.9 Å². The molecule has 1 N–H and O–H groups in total. The largest absolute Gasteiger partial charge is 0.494 e. The van der Waals surface area contributed by atoms with E-state index in [0.29, 0.717) is 0 Å². The maximum absolute atomic E-state index is 5.42. The number of hydrogen-bond acceptors (Lipinski definition) is 2. The topological polar surface area (TPSA) is 21.3 Å². The molecule has 1 aromatic carbocycles. The molecular formula is C15H23NO. The summed E-state index contributed by atoms with van der Waals surface area (Å²) in [7, 11) is 0. The molecular weight excluding hydrogens is 210 g/mol. The van der Waals surface area contributed by atoms with Gasteiger partial charge in [-0.1, -0.05) is 37.6 Å². The lowest BCUT2D eigenvalue weighted by atomic mass is 10.1. The second-order valence-corrected chi connectivity index (χ2v) is 3.94. The van der Waals surface area contributed by atoms with Crippen LogP contribution in [0.4, 0.5) is 0 Å². The fourth-order valence-electron chi connectivity index (χ4n) is 1.63. The Labute approximate surface area is 105 Å². The number of nitrogens with one attached hydrogen (secondary N) is 1. The molecule has 0 bridgehead atoms. The molecule has 0 fully saturated rings. The molecule has 1 aromatic rings. The molecule has 0 unspecified atom stereocenters. The Balaban J connectivity index is 2.67. The fraction of sp³-hybridized carbons (Fsp3) is 0.467. The molecule has 2 heteroatoms. The maximum Gasteiger partial charge on any atom is 0.119 e. The van der Waals surface area contributed by atoms with Crippen LogP contribution in [-0.2, 0) is 0 Å². The van der Waals surface area contributed by atoms with Crippen molar-refractivity contribution in [3.63, 3.8) is 0 Å². The summed E-state index contributed by atoms with van der Waals surface area (Å²) in [6, 6.07) is 8.25. The quantitative estimate of drug-likeness (QED) is 0.778. The predicted molar refractivity (Wildman–Crippen MR) is 74.4 cm³/mol. The van der Waals surface area contributed by atoms with Gasteiger partial charge in [0, 0.05) is 6.54 Å². The lowest BCUT2D eigenvalue weighted by Crippen LogP contribution is -2.15. The smallest absolute Gasteiger partial charge is 0.119 e. The Morgan fingerprint density at radius 2 is 1.88 bits per heavy atom.